The molecule has 1 fully saturated rings. The van der Waals surface area contributed by atoms with E-state index in [0.717, 1.165) is 22.4 Å². The maximum atomic E-state index is 13.0. The third-order valence-corrected chi connectivity index (χ3v) is 7.42. The fourth-order valence-electron chi connectivity index (χ4n) is 3.74. The van der Waals surface area contributed by atoms with E-state index in [-0.39, 0.29) is 11.7 Å². The molecule has 0 radical (unpaired) electrons. The van der Waals surface area contributed by atoms with E-state index < -0.39 is 10.0 Å². The molecule has 4 rings (SSSR count). The number of nitrogens with zero attached hydrogens (tertiary/aromatic N) is 5. The second-order valence-corrected chi connectivity index (χ2v) is 9.67. The highest BCUT2D eigenvalue weighted by Crippen LogP contribution is 2.33. The van der Waals surface area contributed by atoms with Crippen LogP contribution in [0.25, 0.3) is 11.4 Å². The largest absolute Gasteiger partial charge is 0.339 e. The number of sulfonamides is 1. The summed E-state index contributed by atoms with van der Waals surface area (Å²) in [7, 11) is -3.42. The summed E-state index contributed by atoms with van der Waals surface area (Å²) in [6.07, 6.45) is 4.48. The monoisotopic (exact) mass is 427 g/mol. The Hall–Kier alpha value is -2.65. The topological polar surface area (TPSA) is 102 Å². The molecule has 1 aliphatic rings. The van der Waals surface area contributed by atoms with Crippen molar-refractivity contribution in [1.82, 2.24) is 24.4 Å². The lowest BCUT2D eigenvalue weighted by Crippen LogP contribution is -2.30. The highest BCUT2D eigenvalue weighted by molar-refractivity contribution is 7.88. The molecule has 1 atom stereocenters. The van der Waals surface area contributed by atoms with E-state index >= 15 is 0 Å². The Balaban J connectivity index is 1.54. The first-order valence-corrected chi connectivity index (χ1v) is 11.6. The van der Waals surface area contributed by atoms with Crippen LogP contribution < -0.4 is 0 Å². The SMILES string of the molecule is CCc1nc(-c2cncnc2C2CCN(S(=O)(=O)Cc3ccc(C)c(C)c3)C2)no1. The molecule has 9 heteroatoms. The highest BCUT2D eigenvalue weighted by Gasteiger charge is 2.34. The second kappa shape index (κ2) is 8.23. The molecule has 1 saturated heterocycles. The van der Waals surface area contributed by atoms with Crippen molar-refractivity contribution in [2.75, 3.05) is 13.1 Å². The zero-order chi connectivity index (χ0) is 21.3. The van der Waals surface area contributed by atoms with Gasteiger partial charge in [0.2, 0.25) is 21.7 Å². The van der Waals surface area contributed by atoms with Crippen molar-refractivity contribution in [2.24, 2.45) is 0 Å². The second-order valence-electron chi connectivity index (χ2n) is 7.71. The smallest absolute Gasteiger partial charge is 0.226 e. The van der Waals surface area contributed by atoms with Crippen LogP contribution in [0.5, 0.6) is 0 Å². The van der Waals surface area contributed by atoms with Gasteiger partial charge >= 0.3 is 0 Å². The first-order chi connectivity index (χ1) is 14.4. The normalized spacial score (nSPS) is 17.5. The molecule has 0 N–H and O–H groups in total. The van der Waals surface area contributed by atoms with Crippen LogP contribution in [-0.4, -0.2) is 45.9 Å². The minimum Gasteiger partial charge on any atom is -0.339 e. The van der Waals surface area contributed by atoms with Crippen LogP contribution in [0.1, 0.15) is 47.5 Å². The summed E-state index contributed by atoms with van der Waals surface area (Å²) in [5.41, 5.74) is 4.51. The van der Waals surface area contributed by atoms with E-state index in [1.54, 1.807) is 10.5 Å². The summed E-state index contributed by atoms with van der Waals surface area (Å²) >= 11 is 0. The Morgan fingerprint density at radius 2 is 2.07 bits per heavy atom. The molecule has 8 nitrogen and oxygen atoms in total. The molecule has 0 bridgehead atoms. The molecule has 0 amide bonds. The molecule has 158 valence electrons. The minimum atomic E-state index is -3.42. The predicted octanol–water partition coefficient (Wildman–Crippen LogP) is 3.03. The van der Waals surface area contributed by atoms with Crippen LogP contribution in [0.4, 0.5) is 0 Å². The summed E-state index contributed by atoms with van der Waals surface area (Å²) in [6.45, 7) is 6.80. The van der Waals surface area contributed by atoms with E-state index in [0.29, 0.717) is 43.2 Å². The molecule has 3 aromatic rings. The number of hydrogen-bond donors (Lipinski definition) is 0. The van der Waals surface area contributed by atoms with Crippen molar-refractivity contribution in [2.45, 2.75) is 45.3 Å². The Morgan fingerprint density at radius 3 is 2.80 bits per heavy atom. The van der Waals surface area contributed by atoms with Gasteiger partial charge in [0.25, 0.3) is 0 Å². The third-order valence-electron chi connectivity index (χ3n) is 5.61. The molecule has 1 aliphatic heterocycles. The first-order valence-electron chi connectivity index (χ1n) is 10.0. The molecule has 3 heterocycles. The van der Waals surface area contributed by atoms with Crippen LogP contribution in [0.15, 0.2) is 35.2 Å². The van der Waals surface area contributed by atoms with Crippen LogP contribution in [0, 0.1) is 13.8 Å². The van der Waals surface area contributed by atoms with Gasteiger partial charge in [-0.3, -0.25) is 0 Å². The van der Waals surface area contributed by atoms with Gasteiger partial charge in [0.15, 0.2) is 0 Å². The number of hydrogen-bond acceptors (Lipinski definition) is 7. The van der Waals surface area contributed by atoms with Crippen LogP contribution in [0.3, 0.4) is 0 Å². The average molecular weight is 428 g/mol. The maximum Gasteiger partial charge on any atom is 0.226 e. The Kier molecular flexibility index (Phi) is 5.66. The van der Waals surface area contributed by atoms with Crippen molar-refractivity contribution in [3.63, 3.8) is 0 Å². The highest BCUT2D eigenvalue weighted by atomic mass is 32.2. The van der Waals surface area contributed by atoms with Gasteiger partial charge in [-0.1, -0.05) is 30.3 Å². The molecule has 0 aliphatic carbocycles. The number of benzene rings is 1. The minimum absolute atomic E-state index is 0.00216. The molecular formula is C21H25N5O3S. The quantitative estimate of drug-likeness (QED) is 0.596. The Bertz CT molecular complexity index is 1160. The lowest BCUT2D eigenvalue weighted by molar-refractivity contribution is 0.382. The number of aryl methyl sites for hydroxylation is 3. The average Bonchev–Trinajstić information content (AvgIpc) is 3.40. The van der Waals surface area contributed by atoms with Gasteiger partial charge in [-0.15, -0.1) is 0 Å². The molecule has 2 aromatic heterocycles. The van der Waals surface area contributed by atoms with Crippen LogP contribution >= 0.6 is 0 Å². The fourth-order valence-corrected chi connectivity index (χ4v) is 5.32. The summed E-state index contributed by atoms with van der Waals surface area (Å²) in [5.74, 6) is 0.950. The van der Waals surface area contributed by atoms with E-state index in [4.69, 9.17) is 4.52 Å². The predicted molar refractivity (Wildman–Crippen MR) is 112 cm³/mol. The Labute approximate surface area is 176 Å². The summed E-state index contributed by atoms with van der Waals surface area (Å²) in [4.78, 5) is 12.9. The standard InChI is InChI=1S/C21H25N5O3S/c1-4-19-24-21(25-29-19)18-10-22-13-23-20(18)17-7-8-26(11-17)30(27,28)12-16-6-5-14(2)15(3)9-16/h5-6,9-10,13,17H,4,7-8,11-12H2,1-3H3. The molecule has 1 unspecified atom stereocenters. The van der Waals surface area contributed by atoms with Gasteiger partial charge in [-0.2, -0.15) is 4.98 Å². The molecule has 30 heavy (non-hydrogen) atoms. The van der Waals surface area contributed by atoms with Crippen LogP contribution in [0.2, 0.25) is 0 Å². The fraction of sp³-hybridized carbons (Fsp3) is 0.429. The lowest BCUT2D eigenvalue weighted by atomic mass is 10.00. The lowest BCUT2D eigenvalue weighted by Gasteiger charge is -2.17. The van der Waals surface area contributed by atoms with Gasteiger partial charge in [-0.25, -0.2) is 22.7 Å². The molecular weight excluding hydrogens is 402 g/mol. The van der Waals surface area contributed by atoms with E-state index in [9.17, 15) is 8.42 Å². The zero-order valence-corrected chi connectivity index (χ0v) is 18.2. The molecule has 0 spiro atoms. The van der Waals surface area contributed by atoms with Crippen molar-refractivity contribution in [1.29, 1.82) is 0 Å². The van der Waals surface area contributed by atoms with Crippen molar-refractivity contribution in [3.8, 4) is 11.4 Å². The van der Waals surface area contributed by atoms with Crippen molar-refractivity contribution < 1.29 is 12.9 Å². The first kappa shape index (κ1) is 20.6. The van der Waals surface area contributed by atoms with Gasteiger partial charge in [0, 0.05) is 31.6 Å². The zero-order valence-electron chi connectivity index (χ0n) is 17.4. The third kappa shape index (κ3) is 4.13. The summed E-state index contributed by atoms with van der Waals surface area (Å²) in [6, 6.07) is 5.80. The summed E-state index contributed by atoms with van der Waals surface area (Å²) in [5, 5.41) is 4.03. The van der Waals surface area contributed by atoms with Crippen LogP contribution in [-0.2, 0) is 22.2 Å². The van der Waals surface area contributed by atoms with Gasteiger partial charge in [0.05, 0.1) is 17.0 Å². The van der Waals surface area contributed by atoms with Gasteiger partial charge < -0.3 is 4.52 Å². The molecule has 0 saturated carbocycles. The van der Waals surface area contributed by atoms with E-state index in [1.165, 1.54) is 6.33 Å². The van der Waals surface area contributed by atoms with E-state index in [2.05, 4.69) is 20.1 Å². The number of aromatic nitrogens is 4. The van der Waals surface area contributed by atoms with Crippen molar-refractivity contribution in [3.05, 3.63) is 59.0 Å². The molecule has 1 aromatic carbocycles. The summed E-state index contributed by atoms with van der Waals surface area (Å²) < 4.78 is 32.8. The van der Waals surface area contributed by atoms with Gasteiger partial charge in [0.1, 0.15) is 6.33 Å². The Morgan fingerprint density at radius 1 is 1.23 bits per heavy atom. The number of rotatable bonds is 6. The van der Waals surface area contributed by atoms with Gasteiger partial charge in [-0.05, 0) is 37.0 Å². The maximum absolute atomic E-state index is 13.0. The van der Waals surface area contributed by atoms with E-state index in [1.807, 2.05) is 39.0 Å². The van der Waals surface area contributed by atoms with Crippen molar-refractivity contribution >= 4 is 10.0 Å².